The molecule has 1 saturated heterocycles. The van der Waals surface area contributed by atoms with E-state index in [1.807, 2.05) is 12.2 Å². The Balaban J connectivity index is 1.77. The fraction of sp³-hybridized carbons (Fsp3) is 0.325. The van der Waals surface area contributed by atoms with Gasteiger partial charge in [0.05, 0.1) is 6.61 Å². The van der Waals surface area contributed by atoms with Gasteiger partial charge in [0.2, 0.25) is 0 Å². The molecule has 2 unspecified atom stereocenters. The van der Waals surface area contributed by atoms with Crippen LogP contribution in [-0.4, -0.2) is 60.1 Å². The molecule has 4 N–H and O–H groups in total. The molecule has 2 rings (SSSR count). The monoisotopic (exact) mass is 760 g/mol. The number of urea groups is 1. The molecule has 14 heteroatoms. The van der Waals surface area contributed by atoms with Crippen LogP contribution in [0.5, 0.6) is 0 Å². The van der Waals surface area contributed by atoms with Crippen molar-refractivity contribution in [2.24, 2.45) is 5.92 Å². The number of aromatic nitrogens is 2. The maximum atomic E-state index is 12.6. The van der Waals surface area contributed by atoms with Crippen LogP contribution in [0, 0.1) is 124 Å². The van der Waals surface area contributed by atoms with Crippen molar-refractivity contribution in [3.8, 4) is 119 Å². The van der Waals surface area contributed by atoms with Crippen molar-refractivity contribution in [2.45, 2.75) is 51.0 Å². The molecular weight excluding hydrogens is 728 g/mol. The van der Waals surface area contributed by atoms with E-state index in [1.54, 1.807) is 6.92 Å². The number of nitrogens with zero attached hydrogens (tertiary/aromatic N) is 1. The van der Waals surface area contributed by atoms with E-state index in [9.17, 15) is 19.3 Å². The number of aromatic amines is 1. The molecule has 1 aromatic heterocycles. The lowest BCUT2D eigenvalue weighted by Crippen LogP contribution is -2.35. The summed E-state index contributed by atoms with van der Waals surface area (Å²) in [7, 11) is 2.73. The maximum Gasteiger partial charge on any atom is 0.330 e. The highest BCUT2D eigenvalue weighted by atomic mass is 32.5. The third-order valence-corrected chi connectivity index (χ3v) is 8.17. The van der Waals surface area contributed by atoms with E-state index in [4.69, 9.17) is 30.3 Å². The highest BCUT2D eigenvalue weighted by molar-refractivity contribution is 8.07. The van der Waals surface area contributed by atoms with Gasteiger partial charge < -0.3 is 28.7 Å². The molecule has 54 heavy (non-hydrogen) atoms. The predicted molar refractivity (Wildman–Crippen MR) is 207 cm³/mol. The first-order chi connectivity index (χ1) is 26.2. The summed E-state index contributed by atoms with van der Waals surface area (Å²) in [4.78, 5) is 48.8. The van der Waals surface area contributed by atoms with Gasteiger partial charge in [0.25, 0.3) is 5.56 Å². The van der Waals surface area contributed by atoms with E-state index in [2.05, 4.69) is 134 Å². The van der Waals surface area contributed by atoms with Gasteiger partial charge in [-0.25, -0.2) is 9.59 Å². The van der Waals surface area contributed by atoms with E-state index >= 15 is 0 Å². The predicted octanol–water partition coefficient (Wildman–Crippen LogP) is 1.37. The number of H-pyrrole nitrogens is 1. The summed E-state index contributed by atoms with van der Waals surface area (Å²) in [6.07, 6.45) is 5.45. The normalized spacial score (nSPS) is 16.7. The standard InChI is InChI=1S/C40H33N4O8PS/c1-4-5-6-7-8-9-10-11-12-13-14-15-16-17-18-19-20-23-26-30-41-39(46)42-31-27-24-21-22-25-28-34-37(52-53(48,54)50-3)35(33-49-2)51-38(34)44-32-29-36(45)43-40(44)47/h22,25,29,32,34-35,37-38H,21,24,27-28,31,33H2,1-3H3,(H,48,54)(H2,41,42,46)(H,43,45,47)/b25-22+/t34-,35+,37?,38+,53?/m0/s1. The Bertz CT molecular complexity index is 2360. The average molecular weight is 761 g/mol. The van der Waals surface area contributed by atoms with Crippen LogP contribution < -0.4 is 21.9 Å². The van der Waals surface area contributed by atoms with Gasteiger partial charge in [0, 0.05) is 104 Å². The van der Waals surface area contributed by atoms with Crippen LogP contribution >= 0.6 is 6.72 Å². The number of nitrogens with one attached hydrogen (secondary N) is 3. The number of hydrogen-bond acceptors (Lipinski definition) is 8. The van der Waals surface area contributed by atoms with E-state index in [-0.39, 0.29) is 6.61 Å². The Morgan fingerprint density at radius 3 is 2.04 bits per heavy atom. The van der Waals surface area contributed by atoms with Gasteiger partial charge >= 0.3 is 18.4 Å². The highest BCUT2D eigenvalue weighted by Gasteiger charge is 2.48. The molecule has 2 amide bonds. The summed E-state index contributed by atoms with van der Waals surface area (Å²) in [6.45, 7) is -1.41. The van der Waals surface area contributed by atoms with E-state index in [0.29, 0.717) is 25.8 Å². The van der Waals surface area contributed by atoms with Gasteiger partial charge in [-0.2, -0.15) is 0 Å². The molecule has 2 heterocycles. The van der Waals surface area contributed by atoms with Gasteiger partial charge in [0.15, 0.2) is 0 Å². The fourth-order valence-corrected chi connectivity index (χ4v) is 5.26. The van der Waals surface area contributed by atoms with Crippen LogP contribution in [0.15, 0.2) is 34.0 Å². The molecule has 12 nitrogen and oxygen atoms in total. The zero-order chi connectivity index (χ0) is 39.3. The van der Waals surface area contributed by atoms with Crippen molar-refractivity contribution >= 4 is 24.6 Å². The minimum atomic E-state index is -3.60. The third-order valence-electron chi connectivity index (χ3n) is 6.49. The minimum Gasteiger partial charge on any atom is -0.382 e. The Morgan fingerprint density at radius 1 is 0.926 bits per heavy atom. The van der Waals surface area contributed by atoms with Crippen LogP contribution in [0.4, 0.5) is 4.79 Å². The number of hydrogen-bond donors (Lipinski definition) is 4. The molecule has 1 fully saturated rings. The number of allylic oxidation sites excluding steroid dienone is 2. The molecule has 272 valence electrons. The number of carbonyl (C=O) groups excluding carboxylic acids is 1. The number of rotatable bonds is 13. The molecule has 1 aromatic rings. The third kappa shape index (κ3) is 18.3. The topological polar surface area (TPSA) is 153 Å². The lowest BCUT2D eigenvalue weighted by atomic mass is 9.95. The van der Waals surface area contributed by atoms with E-state index < -0.39 is 48.4 Å². The van der Waals surface area contributed by atoms with Crippen LogP contribution in [0.1, 0.15) is 38.8 Å². The van der Waals surface area contributed by atoms with Crippen LogP contribution in [-0.2, 0) is 30.3 Å². The largest absolute Gasteiger partial charge is 0.382 e. The molecular formula is C40H33N4O8PS. The van der Waals surface area contributed by atoms with Crippen molar-refractivity contribution < 1.29 is 28.2 Å². The van der Waals surface area contributed by atoms with Gasteiger partial charge in [0.1, 0.15) is 18.4 Å². The average Bonchev–Trinajstić information content (AvgIpc) is 3.46. The zero-order valence-electron chi connectivity index (χ0n) is 29.5. The van der Waals surface area contributed by atoms with Crippen molar-refractivity contribution in [1.82, 2.24) is 20.2 Å². The number of methoxy groups -OCH3 is 1. The molecule has 0 aromatic carbocycles. The van der Waals surface area contributed by atoms with Gasteiger partial charge in [-0.15, -0.1) is 0 Å². The summed E-state index contributed by atoms with van der Waals surface area (Å²) in [5.41, 5.74) is -1.20. The summed E-state index contributed by atoms with van der Waals surface area (Å²) in [5, 5.41) is 5.07. The van der Waals surface area contributed by atoms with Gasteiger partial charge in [-0.1, -0.05) is 18.1 Å². The number of unbranched alkanes of at least 4 members (excludes halogenated alkanes) is 2. The number of ether oxygens (including phenoxy) is 2. The SMILES string of the molecule is CC#CC#CC#CC#CC#CC#CC#CC#CC#CC#CNC(=O)NCCCC/C=C/C[C@H]1C(OP(O)(=S)OC)[C@@H](COC)O[C@H]1n1ccc(=O)[nH]c1=O. The second-order valence-electron chi connectivity index (χ2n) is 10.1. The first-order valence-corrected chi connectivity index (χ1v) is 18.4. The smallest absolute Gasteiger partial charge is 0.330 e. The Hall–Kier alpha value is -6.26. The Morgan fingerprint density at radius 2 is 1.50 bits per heavy atom. The summed E-state index contributed by atoms with van der Waals surface area (Å²) < 4.78 is 23.5. The second kappa shape index (κ2) is 26.5. The van der Waals surface area contributed by atoms with Gasteiger partial charge in [-0.05, 0) is 91.8 Å². The van der Waals surface area contributed by atoms with Crippen molar-refractivity contribution in [3.63, 3.8) is 0 Å². The number of amides is 2. The summed E-state index contributed by atoms with van der Waals surface area (Å²) in [5.74, 6) is 47.1. The Kier molecular flexibility index (Phi) is 21.5. The fourth-order valence-electron chi connectivity index (χ4n) is 4.27. The lowest BCUT2D eigenvalue weighted by molar-refractivity contribution is -0.0547. The summed E-state index contributed by atoms with van der Waals surface area (Å²) in [6, 6.07) is 3.17. The maximum absolute atomic E-state index is 12.6. The molecule has 0 spiro atoms. The molecule has 0 radical (unpaired) electrons. The van der Waals surface area contributed by atoms with Crippen molar-refractivity contribution in [3.05, 3.63) is 45.3 Å². The van der Waals surface area contributed by atoms with Crippen LogP contribution in [0.25, 0.3) is 0 Å². The van der Waals surface area contributed by atoms with Crippen LogP contribution in [0.3, 0.4) is 0 Å². The Labute approximate surface area is 320 Å². The lowest BCUT2D eigenvalue weighted by Gasteiger charge is -2.26. The molecule has 5 atom stereocenters. The minimum absolute atomic E-state index is 0.0976. The molecule has 0 bridgehead atoms. The first kappa shape index (κ1) is 43.9. The van der Waals surface area contributed by atoms with Crippen LogP contribution in [0.2, 0.25) is 0 Å². The van der Waals surface area contributed by atoms with E-state index in [0.717, 1.165) is 6.42 Å². The zero-order valence-corrected chi connectivity index (χ0v) is 31.2. The molecule has 1 aliphatic rings. The molecule has 0 saturated carbocycles. The molecule has 0 aliphatic carbocycles. The van der Waals surface area contributed by atoms with E-state index in [1.165, 1.54) is 31.0 Å². The summed E-state index contributed by atoms with van der Waals surface area (Å²) >= 11 is 5.09. The van der Waals surface area contributed by atoms with Gasteiger partial charge in [-0.3, -0.25) is 19.7 Å². The highest BCUT2D eigenvalue weighted by Crippen LogP contribution is 2.50. The number of carbonyl (C=O) groups is 1. The van der Waals surface area contributed by atoms with Crippen molar-refractivity contribution in [2.75, 3.05) is 27.4 Å². The second-order valence-corrected chi connectivity index (χ2v) is 13.0. The quantitative estimate of drug-likeness (QED) is 0.0769. The van der Waals surface area contributed by atoms with Crippen molar-refractivity contribution in [1.29, 1.82) is 0 Å². The molecule has 1 aliphatic heterocycles. The first-order valence-electron chi connectivity index (χ1n) is 15.9.